The molecule has 0 aliphatic heterocycles. The van der Waals surface area contributed by atoms with Crippen LogP contribution in [0.3, 0.4) is 0 Å². The minimum Gasteiger partial charge on any atom is -0.258 e. The van der Waals surface area contributed by atoms with Crippen LogP contribution in [0.15, 0.2) is 30.6 Å². The van der Waals surface area contributed by atoms with Crippen LogP contribution in [0.25, 0.3) is 22.2 Å². The summed E-state index contributed by atoms with van der Waals surface area (Å²) in [6.07, 6.45) is 3.78. The number of hydrogen-bond acceptors (Lipinski definition) is 3. The predicted octanol–water partition coefficient (Wildman–Crippen LogP) is 3.13. The Kier molecular flexibility index (Phi) is 2.78. The van der Waals surface area contributed by atoms with Gasteiger partial charge in [0.15, 0.2) is 5.65 Å². The molecule has 3 aromatic rings. The molecule has 3 rings (SSSR count). The highest BCUT2D eigenvalue weighted by Crippen LogP contribution is 2.23. The Morgan fingerprint density at radius 2 is 1.74 bits per heavy atom. The zero-order valence-corrected chi connectivity index (χ0v) is 11.4. The molecule has 3 heterocycles. The molecule has 4 nitrogen and oxygen atoms in total. The fraction of sp³-hybridized carbons (Fsp3) is 0.267. The highest BCUT2D eigenvalue weighted by Gasteiger charge is 2.06. The molecule has 0 bridgehead atoms. The first-order chi connectivity index (χ1) is 9.17. The quantitative estimate of drug-likeness (QED) is 0.703. The van der Waals surface area contributed by atoms with E-state index in [0.29, 0.717) is 0 Å². The molecule has 0 N–H and O–H groups in total. The van der Waals surface area contributed by atoms with Crippen molar-refractivity contribution >= 4 is 11.0 Å². The molecule has 0 atom stereocenters. The van der Waals surface area contributed by atoms with E-state index in [0.717, 1.165) is 40.1 Å². The van der Waals surface area contributed by atoms with E-state index >= 15 is 0 Å². The first-order valence-corrected chi connectivity index (χ1v) is 6.44. The van der Waals surface area contributed by atoms with Crippen LogP contribution in [0.4, 0.5) is 0 Å². The third-order valence-corrected chi connectivity index (χ3v) is 3.19. The third-order valence-electron chi connectivity index (χ3n) is 3.19. The fourth-order valence-electron chi connectivity index (χ4n) is 2.36. The average Bonchev–Trinajstić information content (AvgIpc) is 2.79. The fourth-order valence-corrected chi connectivity index (χ4v) is 2.36. The van der Waals surface area contributed by atoms with E-state index in [9.17, 15) is 0 Å². The van der Waals surface area contributed by atoms with Crippen molar-refractivity contribution in [1.29, 1.82) is 0 Å². The van der Waals surface area contributed by atoms with Crippen LogP contribution in [0, 0.1) is 13.8 Å². The van der Waals surface area contributed by atoms with Gasteiger partial charge in [0.2, 0.25) is 0 Å². The van der Waals surface area contributed by atoms with Gasteiger partial charge < -0.3 is 0 Å². The summed E-state index contributed by atoms with van der Waals surface area (Å²) in [5, 5.41) is 5.40. The van der Waals surface area contributed by atoms with E-state index in [4.69, 9.17) is 0 Å². The highest BCUT2D eigenvalue weighted by atomic mass is 15.3. The molecule has 0 aliphatic rings. The molecule has 0 amide bonds. The highest BCUT2D eigenvalue weighted by molar-refractivity contribution is 5.80. The second-order valence-electron chi connectivity index (χ2n) is 4.74. The number of nitrogens with zero attached hydrogens (tertiary/aromatic N) is 4. The van der Waals surface area contributed by atoms with Crippen LogP contribution < -0.4 is 0 Å². The second-order valence-corrected chi connectivity index (χ2v) is 4.74. The maximum absolute atomic E-state index is 4.53. The van der Waals surface area contributed by atoms with Crippen LogP contribution >= 0.6 is 0 Å². The lowest BCUT2D eigenvalue weighted by Gasteiger charge is -2.05. The SMILES string of the molecule is CCn1ncc2cc(-c3cc(C)nc(C)c3)cnc21. The van der Waals surface area contributed by atoms with Gasteiger partial charge in [-0.25, -0.2) is 9.67 Å². The summed E-state index contributed by atoms with van der Waals surface area (Å²) in [6, 6.07) is 6.30. The van der Waals surface area contributed by atoms with Crippen molar-refractivity contribution in [3.8, 4) is 11.1 Å². The zero-order chi connectivity index (χ0) is 13.4. The van der Waals surface area contributed by atoms with Crippen molar-refractivity contribution in [3.05, 3.63) is 42.0 Å². The summed E-state index contributed by atoms with van der Waals surface area (Å²) in [5.74, 6) is 0. The van der Waals surface area contributed by atoms with Crippen LogP contribution in [0.1, 0.15) is 18.3 Å². The summed E-state index contributed by atoms with van der Waals surface area (Å²) < 4.78 is 1.90. The van der Waals surface area contributed by atoms with E-state index < -0.39 is 0 Å². The Morgan fingerprint density at radius 1 is 1.00 bits per heavy atom. The van der Waals surface area contributed by atoms with Gasteiger partial charge in [-0.3, -0.25) is 4.98 Å². The molecule has 0 spiro atoms. The van der Waals surface area contributed by atoms with Gasteiger partial charge in [-0.15, -0.1) is 0 Å². The van der Waals surface area contributed by atoms with Crippen LogP contribution in [-0.4, -0.2) is 19.7 Å². The third kappa shape index (κ3) is 2.10. The number of pyridine rings is 2. The zero-order valence-electron chi connectivity index (χ0n) is 11.4. The number of aryl methyl sites for hydroxylation is 3. The minimum absolute atomic E-state index is 0.837. The normalized spacial score (nSPS) is 11.1. The van der Waals surface area contributed by atoms with Crippen molar-refractivity contribution in [2.75, 3.05) is 0 Å². The van der Waals surface area contributed by atoms with Crippen molar-refractivity contribution < 1.29 is 0 Å². The van der Waals surface area contributed by atoms with Gasteiger partial charge in [0.25, 0.3) is 0 Å². The Hall–Kier alpha value is -2.23. The van der Waals surface area contributed by atoms with Gasteiger partial charge in [-0.05, 0) is 44.5 Å². The molecule has 0 radical (unpaired) electrons. The van der Waals surface area contributed by atoms with Crippen molar-refractivity contribution in [3.63, 3.8) is 0 Å². The van der Waals surface area contributed by atoms with Gasteiger partial charge >= 0.3 is 0 Å². The molecule has 0 aromatic carbocycles. The molecule has 3 aromatic heterocycles. The first-order valence-electron chi connectivity index (χ1n) is 6.44. The largest absolute Gasteiger partial charge is 0.258 e. The van der Waals surface area contributed by atoms with E-state index in [1.54, 1.807) is 0 Å². The molecule has 0 aliphatic carbocycles. The molecular formula is C15H16N4. The Labute approximate surface area is 112 Å². The monoisotopic (exact) mass is 252 g/mol. The topological polar surface area (TPSA) is 43.6 Å². The maximum atomic E-state index is 4.53. The molecule has 0 saturated heterocycles. The lowest BCUT2D eigenvalue weighted by Crippen LogP contribution is -1.97. The Morgan fingerprint density at radius 3 is 2.42 bits per heavy atom. The number of aromatic nitrogens is 4. The number of fused-ring (bicyclic) bond motifs is 1. The minimum atomic E-state index is 0.837. The van der Waals surface area contributed by atoms with Gasteiger partial charge in [-0.2, -0.15) is 5.10 Å². The standard InChI is InChI=1S/C15H16N4/c1-4-19-15-14(9-17-19)7-13(8-16-15)12-5-10(2)18-11(3)6-12/h5-9H,4H2,1-3H3. The average molecular weight is 252 g/mol. The van der Waals surface area contributed by atoms with Crippen LogP contribution in [-0.2, 0) is 6.54 Å². The van der Waals surface area contributed by atoms with E-state index in [2.05, 4.69) is 40.2 Å². The maximum Gasteiger partial charge on any atom is 0.157 e. The lowest BCUT2D eigenvalue weighted by molar-refractivity contribution is 0.677. The first kappa shape index (κ1) is 11.8. The van der Waals surface area contributed by atoms with Crippen molar-refractivity contribution in [2.45, 2.75) is 27.3 Å². The molecule has 0 saturated carbocycles. The predicted molar refractivity (Wildman–Crippen MR) is 75.9 cm³/mol. The van der Waals surface area contributed by atoms with Crippen LogP contribution in [0.2, 0.25) is 0 Å². The second kappa shape index (κ2) is 4.46. The van der Waals surface area contributed by atoms with E-state index in [1.165, 1.54) is 0 Å². The van der Waals surface area contributed by atoms with Crippen LogP contribution in [0.5, 0.6) is 0 Å². The molecule has 0 unspecified atom stereocenters. The Bertz CT molecular complexity index is 723. The summed E-state index contributed by atoms with van der Waals surface area (Å²) in [4.78, 5) is 8.93. The van der Waals surface area contributed by atoms with Gasteiger partial charge in [-0.1, -0.05) is 0 Å². The Balaban J connectivity index is 2.15. The van der Waals surface area contributed by atoms with Gasteiger partial charge in [0.05, 0.1) is 6.20 Å². The van der Waals surface area contributed by atoms with Gasteiger partial charge in [0, 0.05) is 35.1 Å². The number of hydrogen-bond donors (Lipinski definition) is 0. The van der Waals surface area contributed by atoms with Gasteiger partial charge in [0.1, 0.15) is 0 Å². The van der Waals surface area contributed by atoms with E-state index in [-0.39, 0.29) is 0 Å². The molecule has 19 heavy (non-hydrogen) atoms. The van der Waals surface area contributed by atoms with Crippen molar-refractivity contribution in [1.82, 2.24) is 19.7 Å². The smallest absolute Gasteiger partial charge is 0.157 e. The van der Waals surface area contributed by atoms with E-state index in [1.807, 2.05) is 30.9 Å². The molecule has 0 fully saturated rings. The summed E-state index contributed by atoms with van der Waals surface area (Å²) in [6.45, 7) is 6.93. The molecular weight excluding hydrogens is 236 g/mol. The summed E-state index contributed by atoms with van der Waals surface area (Å²) in [7, 11) is 0. The summed E-state index contributed by atoms with van der Waals surface area (Å²) in [5.41, 5.74) is 5.26. The number of rotatable bonds is 2. The summed E-state index contributed by atoms with van der Waals surface area (Å²) >= 11 is 0. The van der Waals surface area contributed by atoms with Crippen molar-refractivity contribution in [2.24, 2.45) is 0 Å². The lowest BCUT2D eigenvalue weighted by atomic mass is 10.1. The molecule has 4 heteroatoms. The molecule has 96 valence electrons.